The largest absolute Gasteiger partial charge is 0.490 e. The summed E-state index contributed by atoms with van der Waals surface area (Å²) in [5.41, 5.74) is 2.93. The van der Waals surface area contributed by atoms with Crippen LogP contribution in [0, 0.1) is 6.92 Å². The maximum Gasteiger partial charge on any atom is 0.490 e. The molecule has 2 aliphatic rings. The Morgan fingerprint density at radius 1 is 1.03 bits per heavy atom. The van der Waals surface area contributed by atoms with Crippen LogP contribution in [0.25, 0.3) is 0 Å². The van der Waals surface area contributed by atoms with E-state index < -0.39 is 24.3 Å². The number of hydrogen-bond donors (Lipinski definition) is 2. The molecular weight excluding hydrogens is 530 g/mol. The number of imidazole rings is 1. The van der Waals surface area contributed by atoms with Crippen molar-refractivity contribution >= 4 is 23.3 Å². The van der Waals surface area contributed by atoms with E-state index in [1.165, 1.54) is 29.9 Å². The van der Waals surface area contributed by atoms with Crippen molar-refractivity contribution in [2.45, 2.75) is 57.7 Å². The summed E-state index contributed by atoms with van der Waals surface area (Å²) in [5.74, 6) is -4.20. The number of likely N-dealkylation sites (N-methyl/N-ethyl adjacent to an activating group) is 1. The topological polar surface area (TPSA) is 98.9 Å². The molecule has 0 atom stereocenters. The van der Waals surface area contributed by atoms with Gasteiger partial charge in [0, 0.05) is 44.6 Å². The van der Waals surface area contributed by atoms with Gasteiger partial charge in [0.25, 0.3) is 0 Å². The van der Waals surface area contributed by atoms with Gasteiger partial charge in [-0.15, -0.1) is 0 Å². The molecule has 2 aromatic heterocycles. The van der Waals surface area contributed by atoms with Gasteiger partial charge in [-0.1, -0.05) is 6.92 Å². The van der Waals surface area contributed by atoms with E-state index in [9.17, 15) is 26.3 Å². The average molecular weight is 559 g/mol. The van der Waals surface area contributed by atoms with E-state index in [1.54, 1.807) is 11.3 Å². The van der Waals surface area contributed by atoms with Gasteiger partial charge in [-0.05, 0) is 48.7 Å². The molecular formula is C22H28F6N4O4S. The summed E-state index contributed by atoms with van der Waals surface area (Å²) in [6.07, 6.45) is -5.71. The first-order chi connectivity index (χ1) is 17.1. The average Bonchev–Trinajstić information content (AvgIpc) is 3.45. The van der Waals surface area contributed by atoms with Crippen LogP contribution in [0.5, 0.6) is 0 Å². The van der Waals surface area contributed by atoms with Gasteiger partial charge in [-0.3, -0.25) is 9.80 Å². The van der Waals surface area contributed by atoms with Crippen molar-refractivity contribution < 1.29 is 46.1 Å². The third-order valence-electron chi connectivity index (χ3n) is 6.21. The molecule has 0 aliphatic carbocycles. The fraction of sp³-hybridized carbons (Fsp3) is 0.591. The Labute approximate surface area is 213 Å². The van der Waals surface area contributed by atoms with Crippen molar-refractivity contribution in [1.29, 1.82) is 0 Å². The molecule has 8 nitrogen and oxygen atoms in total. The van der Waals surface area contributed by atoms with Crippen molar-refractivity contribution in [1.82, 2.24) is 19.4 Å². The lowest BCUT2D eigenvalue weighted by Gasteiger charge is -2.50. The molecule has 4 rings (SSSR count). The molecule has 208 valence electrons. The molecule has 0 radical (unpaired) electrons. The highest BCUT2D eigenvalue weighted by atomic mass is 32.1. The molecule has 0 unspecified atom stereocenters. The normalized spacial score (nSPS) is 17.7. The van der Waals surface area contributed by atoms with Crippen LogP contribution in [-0.4, -0.2) is 80.0 Å². The maximum absolute atomic E-state index is 10.6. The Balaban J connectivity index is 0.000000286. The molecule has 0 saturated carbocycles. The molecule has 1 fully saturated rings. The molecule has 2 aromatic rings. The van der Waals surface area contributed by atoms with Crippen molar-refractivity contribution in [3.05, 3.63) is 40.1 Å². The van der Waals surface area contributed by atoms with Gasteiger partial charge in [0.1, 0.15) is 5.82 Å². The number of alkyl halides is 6. The van der Waals surface area contributed by atoms with Crippen LogP contribution in [0.3, 0.4) is 0 Å². The smallest absolute Gasteiger partial charge is 0.475 e. The van der Waals surface area contributed by atoms with E-state index in [1.807, 2.05) is 0 Å². The number of piperidine rings is 1. The monoisotopic (exact) mass is 558 g/mol. The Morgan fingerprint density at radius 2 is 1.57 bits per heavy atom. The Kier molecular flexibility index (Phi) is 10.1. The number of aliphatic carboxylic acids is 2. The number of rotatable bonds is 3. The molecule has 15 heteroatoms. The Morgan fingerprint density at radius 3 is 2.00 bits per heavy atom. The minimum absolute atomic E-state index is 0.159. The number of halogens is 6. The maximum atomic E-state index is 10.6. The summed E-state index contributed by atoms with van der Waals surface area (Å²) in [7, 11) is 0. The molecule has 2 N–H and O–H groups in total. The summed E-state index contributed by atoms with van der Waals surface area (Å²) in [5, 5.41) is 18.7. The highest BCUT2D eigenvalue weighted by Crippen LogP contribution is 2.41. The van der Waals surface area contributed by atoms with Gasteiger partial charge in [-0.2, -0.15) is 37.7 Å². The van der Waals surface area contributed by atoms with E-state index in [0.717, 1.165) is 39.3 Å². The lowest BCUT2D eigenvalue weighted by molar-refractivity contribution is -0.193. The fourth-order valence-corrected chi connectivity index (χ4v) is 5.07. The summed E-state index contributed by atoms with van der Waals surface area (Å²) < 4.78 is 65.9. The minimum Gasteiger partial charge on any atom is -0.475 e. The zero-order valence-electron chi connectivity index (χ0n) is 20.1. The van der Waals surface area contributed by atoms with E-state index in [0.29, 0.717) is 0 Å². The molecule has 1 spiro atoms. The summed E-state index contributed by atoms with van der Waals surface area (Å²) in [6.45, 7) is 11.3. The first-order valence-electron chi connectivity index (χ1n) is 11.2. The number of carbonyl (C=O) groups is 2. The number of aromatic nitrogens is 2. The Bertz CT molecular complexity index is 1010. The number of hydrogen-bond acceptors (Lipinski definition) is 6. The second-order valence-electron chi connectivity index (χ2n) is 8.50. The van der Waals surface area contributed by atoms with E-state index >= 15 is 0 Å². The third kappa shape index (κ3) is 7.92. The summed E-state index contributed by atoms with van der Waals surface area (Å²) >= 11 is 1.80. The number of fused-ring (bicyclic) bond motifs is 2. The second kappa shape index (κ2) is 12.3. The number of likely N-dealkylation sites (tertiary alicyclic amines) is 1. The zero-order valence-corrected chi connectivity index (χ0v) is 21.0. The van der Waals surface area contributed by atoms with Gasteiger partial charge in [0.15, 0.2) is 0 Å². The van der Waals surface area contributed by atoms with E-state index in [2.05, 4.69) is 51.2 Å². The zero-order chi connectivity index (χ0) is 28.0. The fourth-order valence-electron chi connectivity index (χ4n) is 4.41. The number of thiophene rings is 1. The number of aryl methyl sites for hydroxylation is 1. The highest BCUT2D eigenvalue weighted by Gasteiger charge is 2.46. The van der Waals surface area contributed by atoms with Crippen molar-refractivity contribution in [3.8, 4) is 0 Å². The van der Waals surface area contributed by atoms with Crippen molar-refractivity contribution in [3.63, 3.8) is 0 Å². The SMILES string of the molecule is CCN1CCn2c(C)cnc2C12CCN(Cc1ccsc1)CC2.O=C(O)C(F)(F)F.O=C(O)C(F)(F)F. The first-order valence-corrected chi connectivity index (χ1v) is 12.2. The molecule has 37 heavy (non-hydrogen) atoms. The van der Waals surface area contributed by atoms with E-state index in [4.69, 9.17) is 24.8 Å². The lowest BCUT2D eigenvalue weighted by Crippen LogP contribution is -2.57. The first kappa shape index (κ1) is 30.6. The van der Waals surface area contributed by atoms with Gasteiger partial charge >= 0.3 is 24.3 Å². The number of carboxylic acids is 2. The summed E-state index contributed by atoms with van der Waals surface area (Å²) in [4.78, 5) is 27.9. The third-order valence-corrected chi connectivity index (χ3v) is 6.94. The predicted octanol–water partition coefficient (Wildman–Crippen LogP) is 4.35. The second-order valence-corrected chi connectivity index (χ2v) is 9.28. The van der Waals surface area contributed by atoms with Crippen LogP contribution in [0.1, 0.15) is 36.8 Å². The number of carboxylic acid groups (broad SMARTS) is 2. The van der Waals surface area contributed by atoms with E-state index in [-0.39, 0.29) is 5.54 Å². The molecule has 4 heterocycles. The standard InChI is InChI=1S/C18H26N4S.2C2HF3O2/c1-3-21-9-10-22-15(2)12-19-17(22)18(21)5-7-20(8-6-18)13-16-4-11-23-14-16;2*3-2(4,5)1(6)7/h4,11-12,14H,3,5-10,13H2,1-2H3;2*(H,6,7). The van der Waals surface area contributed by atoms with Crippen molar-refractivity contribution in [2.24, 2.45) is 0 Å². The molecule has 1 saturated heterocycles. The van der Waals surface area contributed by atoms with Crippen LogP contribution in [0.15, 0.2) is 23.0 Å². The number of nitrogens with zero attached hydrogens (tertiary/aromatic N) is 4. The van der Waals surface area contributed by atoms with Crippen LogP contribution in [0.2, 0.25) is 0 Å². The Hall–Kier alpha value is -2.65. The van der Waals surface area contributed by atoms with Crippen LogP contribution < -0.4 is 0 Å². The predicted molar refractivity (Wildman–Crippen MR) is 122 cm³/mol. The van der Waals surface area contributed by atoms with Gasteiger partial charge in [0.05, 0.1) is 5.54 Å². The lowest BCUT2D eigenvalue weighted by atomic mass is 9.83. The molecule has 0 aromatic carbocycles. The van der Waals surface area contributed by atoms with Crippen molar-refractivity contribution in [2.75, 3.05) is 26.2 Å². The molecule has 2 aliphatic heterocycles. The molecule has 0 bridgehead atoms. The van der Waals surface area contributed by atoms with Crippen LogP contribution >= 0.6 is 11.3 Å². The highest BCUT2D eigenvalue weighted by molar-refractivity contribution is 7.07. The van der Waals surface area contributed by atoms with Gasteiger partial charge in [0.2, 0.25) is 0 Å². The van der Waals surface area contributed by atoms with Gasteiger partial charge in [-0.25, -0.2) is 14.6 Å². The molecule has 0 amide bonds. The summed E-state index contributed by atoms with van der Waals surface area (Å²) in [6, 6.07) is 2.25. The van der Waals surface area contributed by atoms with Crippen LogP contribution in [-0.2, 0) is 28.2 Å². The van der Waals surface area contributed by atoms with Crippen LogP contribution in [0.4, 0.5) is 26.3 Å². The minimum atomic E-state index is -5.08. The van der Waals surface area contributed by atoms with Gasteiger partial charge < -0.3 is 14.8 Å². The quantitative estimate of drug-likeness (QED) is 0.541.